The summed E-state index contributed by atoms with van der Waals surface area (Å²) >= 11 is 3.33. The Kier molecular flexibility index (Phi) is 4.72. The topological polar surface area (TPSA) is 87.7 Å². The monoisotopic (exact) mass is 356 g/mol. The molecule has 0 heterocycles. The predicted octanol–water partition coefficient (Wildman–Crippen LogP) is 2.98. The van der Waals surface area contributed by atoms with E-state index in [4.69, 9.17) is 4.74 Å². The molecule has 0 radical (unpaired) electrons. The lowest BCUT2D eigenvalue weighted by Gasteiger charge is -2.25. The highest BCUT2D eigenvalue weighted by molar-refractivity contribution is 9.10. The minimum atomic E-state index is -1.15. The lowest BCUT2D eigenvalue weighted by atomic mass is 9.98. The Bertz CT molecular complexity index is 556. The van der Waals surface area contributed by atoms with Crippen LogP contribution in [0.3, 0.4) is 0 Å². The minimum Gasteiger partial charge on any atom is -0.496 e. The summed E-state index contributed by atoms with van der Waals surface area (Å²) in [6.07, 6.45) is 2.53. The molecule has 0 bridgehead atoms. The molecule has 0 spiro atoms. The number of anilines is 1. The molecule has 6 nitrogen and oxygen atoms in total. The van der Waals surface area contributed by atoms with Crippen LogP contribution in [0.25, 0.3) is 0 Å². The van der Waals surface area contributed by atoms with Crippen LogP contribution in [0.4, 0.5) is 10.5 Å². The maximum absolute atomic E-state index is 12.0. The van der Waals surface area contributed by atoms with E-state index in [9.17, 15) is 14.7 Å². The fourth-order valence-corrected chi connectivity index (χ4v) is 3.04. The summed E-state index contributed by atoms with van der Waals surface area (Å²) in [4.78, 5) is 23.4. The van der Waals surface area contributed by atoms with Crippen LogP contribution in [0.1, 0.15) is 25.7 Å². The van der Waals surface area contributed by atoms with Crippen molar-refractivity contribution in [3.63, 3.8) is 0 Å². The summed E-state index contributed by atoms with van der Waals surface area (Å²) in [5.41, 5.74) is -0.591. The fraction of sp³-hybridized carbons (Fsp3) is 0.429. The second kappa shape index (κ2) is 6.34. The predicted molar refractivity (Wildman–Crippen MR) is 81.7 cm³/mol. The molecule has 2 amide bonds. The minimum absolute atomic E-state index is 0.460. The maximum atomic E-state index is 12.0. The first-order valence-corrected chi connectivity index (χ1v) is 7.42. The Morgan fingerprint density at radius 2 is 2.00 bits per heavy atom. The van der Waals surface area contributed by atoms with Gasteiger partial charge in [-0.25, -0.2) is 9.59 Å². The van der Waals surface area contributed by atoms with E-state index in [1.165, 1.54) is 0 Å². The van der Waals surface area contributed by atoms with Crippen molar-refractivity contribution in [1.82, 2.24) is 5.32 Å². The number of rotatable bonds is 4. The summed E-state index contributed by atoms with van der Waals surface area (Å²) in [5.74, 6) is -0.329. The van der Waals surface area contributed by atoms with E-state index in [0.29, 0.717) is 28.8 Å². The number of carbonyl (C=O) groups excluding carboxylic acids is 1. The van der Waals surface area contributed by atoms with Crippen molar-refractivity contribution in [3.8, 4) is 5.75 Å². The van der Waals surface area contributed by atoms with Gasteiger partial charge in [0.15, 0.2) is 0 Å². The number of methoxy groups -OCH3 is 1. The number of aliphatic carboxylic acids is 1. The van der Waals surface area contributed by atoms with Gasteiger partial charge in [-0.3, -0.25) is 0 Å². The summed E-state index contributed by atoms with van der Waals surface area (Å²) in [5, 5.41) is 14.6. The van der Waals surface area contributed by atoms with Gasteiger partial charge in [-0.1, -0.05) is 12.8 Å². The molecule has 1 aromatic rings. The number of nitrogens with one attached hydrogen (secondary N) is 2. The highest BCUT2D eigenvalue weighted by Crippen LogP contribution is 2.30. The molecule has 1 fully saturated rings. The van der Waals surface area contributed by atoms with Crippen molar-refractivity contribution in [3.05, 3.63) is 22.7 Å². The molecule has 0 unspecified atom stereocenters. The number of carbonyl (C=O) groups is 2. The lowest BCUT2D eigenvalue weighted by molar-refractivity contribution is -0.144. The second-order valence-corrected chi connectivity index (χ2v) is 5.88. The molecule has 1 aromatic carbocycles. The first-order chi connectivity index (χ1) is 9.97. The lowest BCUT2D eigenvalue weighted by Crippen LogP contribution is -2.53. The smallest absolute Gasteiger partial charge is 0.329 e. The van der Waals surface area contributed by atoms with Gasteiger partial charge in [0.25, 0.3) is 0 Å². The van der Waals surface area contributed by atoms with Gasteiger partial charge >= 0.3 is 12.0 Å². The highest BCUT2D eigenvalue weighted by atomic mass is 79.9. The van der Waals surface area contributed by atoms with Gasteiger partial charge in [0.1, 0.15) is 11.3 Å². The second-order valence-electron chi connectivity index (χ2n) is 5.02. The Morgan fingerprint density at radius 3 is 2.52 bits per heavy atom. The third-order valence-corrected chi connectivity index (χ3v) is 4.25. The third kappa shape index (κ3) is 3.47. The van der Waals surface area contributed by atoms with Gasteiger partial charge in [-0.05, 0) is 47.0 Å². The van der Waals surface area contributed by atoms with Crippen molar-refractivity contribution < 1.29 is 19.4 Å². The van der Waals surface area contributed by atoms with E-state index in [1.54, 1.807) is 25.3 Å². The SMILES string of the molecule is COc1ccc(NC(=O)NC2(C(=O)O)CCCC2)cc1Br. The van der Waals surface area contributed by atoms with E-state index in [0.717, 1.165) is 12.8 Å². The zero-order valence-electron chi connectivity index (χ0n) is 11.6. The molecule has 1 aliphatic rings. The Balaban J connectivity index is 2.04. The summed E-state index contributed by atoms with van der Waals surface area (Å²) < 4.78 is 5.81. The van der Waals surface area contributed by atoms with Crippen LogP contribution in [0.5, 0.6) is 5.75 Å². The number of hydrogen-bond acceptors (Lipinski definition) is 3. The number of amides is 2. The van der Waals surface area contributed by atoms with Crippen molar-refractivity contribution in [2.24, 2.45) is 0 Å². The molecular weight excluding hydrogens is 340 g/mol. The number of benzene rings is 1. The van der Waals surface area contributed by atoms with Crippen molar-refractivity contribution in [2.75, 3.05) is 12.4 Å². The number of hydrogen-bond donors (Lipinski definition) is 3. The van der Waals surface area contributed by atoms with Gasteiger partial charge in [-0.15, -0.1) is 0 Å². The molecule has 1 aliphatic carbocycles. The van der Waals surface area contributed by atoms with E-state index in [-0.39, 0.29) is 0 Å². The fourth-order valence-electron chi connectivity index (χ4n) is 2.49. The molecular formula is C14H17BrN2O4. The number of halogens is 1. The molecule has 0 aromatic heterocycles. The first kappa shape index (κ1) is 15.6. The summed E-state index contributed by atoms with van der Waals surface area (Å²) in [7, 11) is 1.55. The van der Waals surface area contributed by atoms with E-state index >= 15 is 0 Å². The van der Waals surface area contributed by atoms with Gasteiger partial charge in [0.05, 0.1) is 11.6 Å². The molecule has 0 aliphatic heterocycles. The van der Waals surface area contributed by atoms with Crippen LogP contribution < -0.4 is 15.4 Å². The van der Waals surface area contributed by atoms with Crippen LogP contribution in [0.15, 0.2) is 22.7 Å². The van der Waals surface area contributed by atoms with Gasteiger partial charge in [0.2, 0.25) is 0 Å². The van der Waals surface area contributed by atoms with Crippen LogP contribution >= 0.6 is 15.9 Å². The number of carboxylic acid groups (broad SMARTS) is 1. The molecule has 114 valence electrons. The quantitative estimate of drug-likeness (QED) is 0.773. The molecule has 2 rings (SSSR count). The van der Waals surface area contributed by atoms with Gasteiger partial charge in [0, 0.05) is 5.69 Å². The number of urea groups is 1. The van der Waals surface area contributed by atoms with Crippen LogP contribution in [-0.4, -0.2) is 29.8 Å². The van der Waals surface area contributed by atoms with E-state index < -0.39 is 17.5 Å². The van der Waals surface area contributed by atoms with Crippen LogP contribution in [-0.2, 0) is 4.79 Å². The van der Waals surface area contributed by atoms with Gasteiger partial charge in [-0.2, -0.15) is 0 Å². The molecule has 3 N–H and O–H groups in total. The average Bonchev–Trinajstić information content (AvgIpc) is 2.88. The molecule has 1 saturated carbocycles. The first-order valence-electron chi connectivity index (χ1n) is 6.63. The normalized spacial score (nSPS) is 16.3. The average molecular weight is 357 g/mol. The Labute approximate surface area is 131 Å². The van der Waals surface area contributed by atoms with E-state index in [1.807, 2.05) is 0 Å². The van der Waals surface area contributed by atoms with Crippen molar-refractivity contribution in [2.45, 2.75) is 31.2 Å². The molecule has 7 heteroatoms. The van der Waals surface area contributed by atoms with E-state index in [2.05, 4.69) is 26.6 Å². The molecule has 0 atom stereocenters. The zero-order valence-corrected chi connectivity index (χ0v) is 13.2. The van der Waals surface area contributed by atoms with Crippen molar-refractivity contribution >= 4 is 33.6 Å². The van der Waals surface area contributed by atoms with Gasteiger partial charge < -0.3 is 20.5 Å². The Hall–Kier alpha value is -1.76. The molecule has 21 heavy (non-hydrogen) atoms. The summed E-state index contributed by atoms with van der Waals surface area (Å²) in [6.45, 7) is 0. The van der Waals surface area contributed by atoms with Crippen LogP contribution in [0, 0.1) is 0 Å². The third-order valence-electron chi connectivity index (χ3n) is 3.63. The standard InChI is InChI=1S/C14H17BrN2O4/c1-21-11-5-4-9(8-10(11)15)16-13(20)17-14(12(18)19)6-2-3-7-14/h4-5,8H,2-3,6-7H2,1H3,(H,18,19)(H2,16,17,20). The van der Waals surface area contributed by atoms with Crippen LogP contribution in [0.2, 0.25) is 0 Å². The maximum Gasteiger partial charge on any atom is 0.329 e. The number of carboxylic acids is 1. The van der Waals surface area contributed by atoms with Crippen molar-refractivity contribution in [1.29, 1.82) is 0 Å². The zero-order chi connectivity index (χ0) is 15.5. The Morgan fingerprint density at radius 1 is 1.33 bits per heavy atom. The number of ether oxygens (including phenoxy) is 1. The highest BCUT2D eigenvalue weighted by Gasteiger charge is 2.42. The summed E-state index contributed by atoms with van der Waals surface area (Å²) in [6, 6.07) is 4.57. The largest absolute Gasteiger partial charge is 0.496 e. The molecule has 0 saturated heterocycles.